The van der Waals surface area contributed by atoms with Crippen molar-refractivity contribution in [2.45, 2.75) is 6.92 Å². The molecule has 0 amide bonds. The third-order valence-corrected chi connectivity index (χ3v) is 1.91. The molecule has 0 aromatic carbocycles. The summed E-state index contributed by atoms with van der Waals surface area (Å²) >= 11 is 0. The summed E-state index contributed by atoms with van der Waals surface area (Å²) in [7, 11) is 0. The van der Waals surface area contributed by atoms with Crippen LogP contribution in [0.5, 0.6) is 0 Å². The second-order valence-corrected chi connectivity index (χ2v) is 3.09. The molecule has 0 aliphatic rings. The first-order chi connectivity index (χ1) is 7.16. The van der Waals surface area contributed by atoms with Crippen LogP contribution in [0.15, 0.2) is 30.5 Å². The van der Waals surface area contributed by atoms with Gasteiger partial charge < -0.3 is 5.11 Å². The number of hydrogen-bond acceptors (Lipinski definition) is 3. The molecule has 5 nitrogen and oxygen atoms in total. The molecule has 0 aliphatic heterocycles. The summed E-state index contributed by atoms with van der Waals surface area (Å²) < 4.78 is 1.54. The maximum atomic E-state index is 10.7. The minimum Gasteiger partial charge on any atom is -0.477 e. The molecule has 2 aromatic rings. The molecule has 0 saturated carbocycles. The maximum absolute atomic E-state index is 10.7. The van der Waals surface area contributed by atoms with E-state index in [9.17, 15) is 4.79 Å². The van der Waals surface area contributed by atoms with E-state index in [2.05, 4.69) is 10.1 Å². The molecule has 0 fully saturated rings. The number of carboxylic acids is 1. The fourth-order valence-electron chi connectivity index (χ4n) is 1.21. The topological polar surface area (TPSA) is 68.0 Å². The third kappa shape index (κ3) is 1.85. The Balaban J connectivity index is 2.45. The zero-order chi connectivity index (χ0) is 10.8. The standard InChI is InChI=1S/C10H9N3O2/c1-7-5-6-13(12-7)9-4-2-3-8(11-9)10(14)15/h2-6H,1H3,(H,14,15). The lowest BCUT2D eigenvalue weighted by molar-refractivity contribution is 0.0690. The molecule has 2 heterocycles. The average Bonchev–Trinajstić information content (AvgIpc) is 2.65. The van der Waals surface area contributed by atoms with Crippen LogP contribution in [0, 0.1) is 6.92 Å². The fourth-order valence-corrected chi connectivity index (χ4v) is 1.21. The van der Waals surface area contributed by atoms with E-state index in [0.29, 0.717) is 5.82 Å². The Labute approximate surface area is 86.0 Å². The van der Waals surface area contributed by atoms with E-state index in [1.54, 1.807) is 23.0 Å². The maximum Gasteiger partial charge on any atom is 0.354 e. The van der Waals surface area contributed by atoms with Gasteiger partial charge in [0.2, 0.25) is 0 Å². The van der Waals surface area contributed by atoms with Gasteiger partial charge >= 0.3 is 5.97 Å². The number of pyridine rings is 1. The van der Waals surface area contributed by atoms with Gasteiger partial charge in [0.15, 0.2) is 11.5 Å². The van der Waals surface area contributed by atoms with Crippen LogP contribution in [0.25, 0.3) is 5.82 Å². The van der Waals surface area contributed by atoms with Crippen LogP contribution >= 0.6 is 0 Å². The predicted molar refractivity (Wildman–Crippen MR) is 53.1 cm³/mol. The van der Waals surface area contributed by atoms with E-state index < -0.39 is 5.97 Å². The van der Waals surface area contributed by atoms with Gasteiger partial charge in [0, 0.05) is 6.20 Å². The molecular formula is C10H9N3O2. The smallest absolute Gasteiger partial charge is 0.354 e. The lowest BCUT2D eigenvalue weighted by Gasteiger charge is -2.00. The Bertz CT molecular complexity index is 505. The molecule has 5 heteroatoms. The van der Waals surface area contributed by atoms with Crippen molar-refractivity contribution < 1.29 is 9.90 Å². The van der Waals surface area contributed by atoms with E-state index >= 15 is 0 Å². The average molecular weight is 203 g/mol. The Hall–Kier alpha value is -2.17. The van der Waals surface area contributed by atoms with E-state index in [1.807, 2.05) is 13.0 Å². The summed E-state index contributed by atoms with van der Waals surface area (Å²) in [5.41, 5.74) is 0.873. The molecule has 76 valence electrons. The number of aryl methyl sites for hydroxylation is 1. The Morgan fingerprint density at radius 1 is 1.40 bits per heavy atom. The second kappa shape index (κ2) is 3.53. The molecule has 0 atom stereocenters. The molecule has 2 rings (SSSR count). The molecule has 2 aromatic heterocycles. The summed E-state index contributed by atoms with van der Waals surface area (Å²) in [4.78, 5) is 14.7. The van der Waals surface area contributed by atoms with Gasteiger partial charge in [-0.15, -0.1) is 0 Å². The van der Waals surface area contributed by atoms with Crippen LogP contribution < -0.4 is 0 Å². The lowest BCUT2D eigenvalue weighted by atomic mass is 10.3. The van der Waals surface area contributed by atoms with Crippen LogP contribution in [0.2, 0.25) is 0 Å². The molecule has 0 saturated heterocycles. The van der Waals surface area contributed by atoms with Crippen molar-refractivity contribution in [3.8, 4) is 5.82 Å². The van der Waals surface area contributed by atoms with E-state index in [1.165, 1.54) is 6.07 Å². The molecule has 0 aliphatic carbocycles. The fraction of sp³-hybridized carbons (Fsp3) is 0.100. The van der Waals surface area contributed by atoms with E-state index in [4.69, 9.17) is 5.11 Å². The van der Waals surface area contributed by atoms with Crippen molar-refractivity contribution in [3.63, 3.8) is 0 Å². The van der Waals surface area contributed by atoms with Gasteiger partial charge in [-0.2, -0.15) is 5.10 Å². The summed E-state index contributed by atoms with van der Waals surface area (Å²) in [6, 6.07) is 6.62. The molecule has 15 heavy (non-hydrogen) atoms. The van der Waals surface area contributed by atoms with Crippen LogP contribution in [0.4, 0.5) is 0 Å². The van der Waals surface area contributed by atoms with Crippen LogP contribution in [-0.2, 0) is 0 Å². The van der Waals surface area contributed by atoms with Crippen molar-refractivity contribution >= 4 is 5.97 Å². The number of carbonyl (C=O) groups is 1. The highest BCUT2D eigenvalue weighted by Gasteiger charge is 2.06. The predicted octanol–water partition coefficient (Wildman–Crippen LogP) is 1.27. The molecular weight excluding hydrogens is 194 g/mol. The minimum absolute atomic E-state index is 0.0145. The molecule has 0 radical (unpaired) electrons. The SMILES string of the molecule is Cc1ccn(-c2cccc(C(=O)O)n2)n1. The Morgan fingerprint density at radius 3 is 2.80 bits per heavy atom. The van der Waals surface area contributed by atoms with Gasteiger partial charge in [0.05, 0.1) is 5.69 Å². The van der Waals surface area contributed by atoms with Crippen LogP contribution in [0.3, 0.4) is 0 Å². The molecule has 0 spiro atoms. The van der Waals surface area contributed by atoms with Gasteiger partial charge in [-0.3, -0.25) is 0 Å². The highest BCUT2D eigenvalue weighted by Crippen LogP contribution is 2.05. The quantitative estimate of drug-likeness (QED) is 0.798. The van der Waals surface area contributed by atoms with Gasteiger partial charge in [0.1, 0.15) is 0 Å². The Morgan fingerprint density at radius 2 is 2.20 bits per heavy atom. The first-order valence-electron chi connectivity index (χ1n) is 4.40. The van der Waals surface area contributed by atoms with Crippen molar-refractivity contribution in [2.75, 3.05) is 0 Å². The number of rotatable bonds is 2. The van der Waals surface area contributed by atoms with Gasteiger partial charge in [-0.1, -0.05) is 6.07 Å². The van der Waals surface area contributed by atoms with Gasteiger partial charge in [-0.25, -0.2) is 14.5 Å². The number of carboxylic acid groups (broad SMARTS) is 1. The lowest BCUT2D eigenvalue weighted by Crippen LogP contribution is -2.05. The van der Waals surface area contributed by atoms with E-state index in [-0.39, 0.29) is 5.69 Å². The number of aromatic carboxylic acids is 1. The summed E-state index contributed by atoms with van der Waals surface area (Å²) in [6.45, 7) is 1.86. The molecule has 0 unspecified atom stereocenters. The first kappa shape index (κ1) is 9.39. The highest BCUT2D eigenvalue weighted by atomic mass is 16.4. The zero-order valence-corrected chi connectivity index (χ0v) is 8.08. The molecule has 1 N–H and O–H groups in total. The number of hydrogen-bond donors (Lipinski definition) is 1. The Kier molecular flexibility index (Phi) is 2.21. The van der Waals surface area contributed by atoms with Crippen molar-refractivity contribution in [1.82, 2.24) is 14.8 Å². The van der Waals surface area contributed by atoms with Crippen LogP contribution in [-0.4, -0.2) is 25.8 Å². The highest BCUT2D eigenvalue weighted by molar-refractivity contribution is 5.85. The van der Waals surface area contributed by atoms with E-state index in [0.717, 1.165) is 5.69 Å². The number of aromatic nitrogens is 3. The minimum atomic E-state index is -1.04. The zero-order valence-electron chi connectivity index (χ0n) is 8.08. The monoisotopic (exact) mass is 203 g/mol. The van der Waals surface area contributed by atoms with Crippen molar-refractivity contribution in [1.29, 1.82) is 0 Å². The summed E-state index contributed by atoms with van der Waals surface area (Å²) in [5, 5.41) is 12.9. The van der Waals surface area contributed by atoms with Crippen LogP contribution in [0.1, 0.15) is 16.2 Å². The largest absolute Gasteiger partial charge is 0.477 e. The normalized spacial score (nSPS) is 10.2. The van der Waals surface area contributed by atoms with Gasteiger partial charge in [-0.05, 0) is 25.1 Å². The van der Waals surface area contributed by atoms with Crippen molar-refractivity contribution in [2.24, 2.45) is 0 Å². The number of nitrogens with zero attached hydrogens (tertiary/aromatic N) is 3. The summed E-state index contributed by atoms with van der Waals surface area (Å²) in [6.07, 6.45) is 1.74. The summed E-state index contributed by atoms with van der Waals surface area (Å²) in [5.74, 6) is -0.538. The molecule has 0 bridgehead atoms. The van der Waals surface area contributed by atoms with Crippen molar-refractivity contribution in [3.05, 3.63) is 41.9 Å². The second-order valence-electron chi connectivity index (χ2n) is 3.09. The first-order valence-corrected chi connectivity index (χ1v) is 4.40. The van der Waals surface area contributed by atoms with Gasteiger partial charge in [0.25, 0.3) is 0 Å². The third-order valence-electron chi connectivity index (χ3n) is 1.91.